The molecule has 8 nitrogen and oxygen atoms in total. The van der Waals surface area contributed by atoms with Crippen molar-refractivity contribution in [2.24, 2.45) is 11.8 Å². The molecule has 178 valence electrons. The zero-order valence-corrected chi connectivity index (χ0v) is 21.2. The van der Waals surface area contributed by atoms with Crippen LogP contribution in [0.25, 0.3) is 0 Å². The van der Waals surface area contributed by atoms with E-state index in [-0.39, 0.29) is 23.7 Å². The summed E-state index contributed by atoms with van der Waals surface area (Å²) in [4.78, 5) is 38.1. The predicted molar refractivity (Wildman–Crippen MR) is 125 cm³/mol. The van der Waals surface area contributed by atoms with Gasteiger partial charge in [-0.2, -0.15) is 0 Å². The lowest BCUT2D eigenvalue weighted by molar-refractivity contribution is -0.385. The number of nitro groups is 1. The molecular weight excluding hydrogens is 480 g/mol. The van der Waals surface area contributed by atoms with Crippen LogP contribution in [0.4, 0.5) is 10.5 Å². The molecule has 0 saturated carbocycles. The van der Waals surface area contributed by atoms with Crippen LogP contribution in [0.2, 0.25) is 0 Å². The maximum absolute atomic E-state index is 13.1. The van der Waals surface area contributed by atoms with Crippen LogP contribution in [-0.2, 0) is 26.0 Å². The number of benzene rings is 1. The first kappa shape index (κ1) is 26.1. The number of alkyl halides is 1. The number of hydrogen-bond donors (Lipinski definition) is 0. The minimum absolute atomic E-state index is 0.0383. The Morgan fingerprint density at radius 3 is 2.34 bits per heavy atom. The molecule has 1 aliphatic rings. The van der Waals surface area contributed by atoms with Crippen molar-refractivity contribution in [3.8, 4) is 0 Å². The van der Waals surface area contributed by atoms with Crippen LogP contribution < -0.4 is 0 Å². The van der Waals surface area contributed by atoms with E-state index in [9.17, 15) is 19.7 Å². The number of amides is 1. The van der Waals surface area contributed by atoms with E-state index in [4.69, 9.17) is 9.47 Å². The van der Waals surface area contributed by atoms with Crippen molar-refractivity contribution >= 4 is 33.7 Å². The van der Waals surface area contributed by atoms with E-state index >= 15 is 0 Å². The standard InChI is InChI=1S/C23H33BrN2O6/c1-22(2,3)31-20(27)18(12-15-7-8-19(26(29)30)17(11-15)13-24)16-9-10-25(14-16)21(28)32-23(4,5)6/h7-8,11,16,18H,9-10,12-14H2,1-6H3/t16-,18-/m0/s1. The van der Waals surface area contributed by atoms with Gasteiger partial charge in [0.1, 0.15) is 11.2 Å². The van der Waals surface area contributed by atoms with Gasteiger partial charge in [0.15, 0.2) is 0 Å². The average Bonchev–Trinajstić information content (AvgIpc) is 3.12. The molecule has 1 aromatic rings. The van der Waals surface area contributed by atoms with Gasteiger partial charge in [0, 0.05) is 30.0 Å². The van der Waals surface area contributed by atoms with Gasteiger partial charge in [-0.25, -0.2) is 4.79 Å². The van der Waals surface area contributed by atoms with Crippen LogP contribution in [-0.4, -0.2) is 46.2 Å². The van der Waals surface area contributed by atoms with Gasteiger partial charge in [-0.3, -0.25) is 14.9 Å². The van der Waals surface area contributed by atoms with E-state index in [1.54, 1.807) is 17.0 Å². The predicted octanol–water partition coefficient (Wildman–Crippen LogP) is 5.25. The third kappa shape index (κ3) is 7.46. The molecule has 1 aromatic carbocycles. The zero-order chi connectivity index (χ0) is 24.3. The number of esters is 1. The Balaban J connectivity index is 2.25. The van der Waals surface area contributed by atoms with Crippen LogP contribution in [0.5, 0.6) is 0 Å². The molecule has 1 saturated heterocycles. The summed E-state index contributed by atoms with van der Waals surface area (Å²) in [6.45, 7) is 11.8. The largest absolute Gasteiger partial charge is 0.460 e. The van der Waals surface area contributed by atoms with Crippen molar-refractivity contribution in [3.05, 3.63) is 39.4 Å². The maximum Gasteiger partial charge on any atom is 0.410 e. The summed E-state index contributed by atoms with van der Waals surface area (Å²) < 4.78 is 11.2. The van der Waals surface area contributed by atoms with Crippen LogP contribution >= 0.6 is 15.9 Å². The smallest absolute Gasteiger partial charge is 0.410 e. The Kier molecular flexibility index (Phi) is 8.31. The fraction of sp³-hybridized carbons (Fsp3) is 0.652. The number of carbonyl (C=O) groups excluding carboxylic acids is 2. The van der Waals surface area contributed by atoms with Crippen molar-refractivity contribution in [2.45, 2.75) is 70.9 Å². The second-order valence-corrected chi connectivity index (χ2v) is 10.7. The number of likely N-dealkylation sites (tertiary alicyclic amines) is 1. The Labute approximate surface area is 197 Å². The number of nitro benzene ring substituents is 1. The van der Waals surface area contributed by atoms with Crippen molar-refractivity contribution in [2.75, 3.05) is 13.1 Å². The quantitative estimate of drug-likeness (QED) is 0.223. The summed E-state index contributed by atoms with van der Waals surface area (Å²) in [7, 11) is 0. The monoisotopic (exact) mass is 512 g/mol. The van der Waals surface area contributed by atoms with Gasteiger partial charge < -0.3 is 14.4 Å². The minimum atomic E-state index is -0.644. The summed E-state index contributed by atoms with van der Waals surface area (Å²) in [6.07, 6.45) is 0.640. The molecule has 0 radical (unpaired) electrons. The van der Waals surface area contributed by atoms with Crippen LogP contribution in [0.3, 0.4) is 0 Å². The Morgan fingerprint density at radius 2 is 1.81 bits per heavy atom. The Bertz CT molecular complexity index is 859. The molecule has 0 N–H and O–H groups in total. The van der Waals surface area contributed by atoms with Crippen LogP contribution in [0.15, 0.2) is 18.2 Å². The molecule has 1 heterocycles. The SMILES string of the molecule is CC(C)(C)OC(=O)[C@@H](Cc1ccc([N+](=O)[O-])c(CBr)c1)[C@H]1CCN(C(=O)OC(C)(C)C)C1. The second-order valence-electron chi connectivity index (χ2n) is 10.2. The molecule has 0 spiro atoms. The molecular formula is C23H33BrN2O6. The third-order valence-electron chi connectivity index (χ3n) is 5.10. The highest BCUT2D eigenvalue weighted by atomic mass is 79.9. The number of nitrogens with zero attached hydrogens (tertiary/aromatic N) is 2. The molecule has 0 bridgehead atoms. The van der Waals surface area contributed by atoms with E-state index in [1.165, 1.54) is 6.07 Å². The highest BCUT2D eigenvalue weighted by Gasteiger charge is 2.39. The number of halogens is 1. The minimum Gasteiger partial charge on any atom is -0.460 e. The van der Waals surface area contributed by atoms with Crippen molar-refractivity contribution in [1.29, 1.82) is 0 Å². The van der Waals surface area contributed by atoms with Gasteiger partial charge in [0.2, 0.25) is 0 Å². The lowest BCUT2D eigenvalue weighted by Gasteiger charge is -2.28. The first-order chi connectivity index (χ1) is 14.7. The highest BCUT2D eigenvalue weighted by Crippen LogP contribution is 2.32. The number of ether oxygens (including phenoxy) is 2. The molecule has 1 amide bonds. The maximum atomic E-state index is 13.1. The number of hydrogen-bond acceptors (Lipinski definition) is 6. The Hall–Kier alpha value is -2.16. The Morgan fingerprint density at radius 1 is 1.19 bits per heavy atom. The molecule has 2 rings (SSSR count). The second kappa shape index (κ2) is 10.2. The summed E-state index contributed by atoms with van der Waals surface area (Å²) in [5, 5.41) is 11.6. The zero-order valence-electron chi connectivity index (χ0n) is 19.6. The van der Waals surface area contributed by atoms with Crippen molar-refractivity contribution in [3.63, 3.8) is 0 Å². The van der Waals surface area contributed by atoms with Gasteiger partial charge >= 0.3 is 12.1 Å². The number of rotatable bonds is 6. The normalized spacial score (nSPS) is 17.7. The summed E-state index contributed by atoms with van der Waals surface area (Å²) in [5.41, 5.74) is 0.171. The fourth-order valence-corrected chi connectivity index (χ4v) is 4.18. The molecule has 0 aromatic heterocycles. The van der Waals surface area contributed by atoms with E-state index in [1.807, 2.05) is 41.5 Å². The first-order valence-corrected chi connectivity index (χ1v) is 11.9. The van der Waals surface area contributed by atoms with Gasteiger partial charge in [-0.05, 0) is 71.9 Å². The van der Waals surface area contributed by atoms with Crippen molar-refractivity contribution in [1.82, 2.24) is 4.90 Å². The van der Waals surface area contributed by atoms with Crippen LogP contribution in [0, 0.1) is 22.0 Å². The van der Waals surface area contributed by atoms with Gasteiger partial charge in [-0.1, -0.05) is 22.0 Å². The van der Waals surface area contributed by atoms with Gasteiger partial charge in [-0.15, -0.1) is 0 Å². The van der Waals surface area contributed by atoms with Gasteiger partial charge in [0.25, 0.3) is 5.69 Å². The lowest BCUT2D eigenvalue weighted by Crippen LogP contribution is -2.38. The van der Waals surface area contributed by atoms with E-state index < -0.39 is 22.0 Å². The molecule has 32 heavy (non-hydrogen) atoms. The topological polar surface area (TPSA) is 99.0 Å². The summed E-state index contributed by atoms with van der Waals surface area (Å²) in [6, 6.07) is 4.91. The average molecular weight is 513 g/mol. The molecule has 0 aliphatic carbocycles. The third-order valence-corrected chi connectivity index (χ3v) is 5.70. The number of carbonyl (C=O) groups is 2. The molecule has 0 unspecified atom stereocenters. The molecule has 9 heteroatoms. The molecule has 1 fully saturated rings. The van der Waals surface area contributed by atoms with Crippen LogP contribution in [0.1, 0.15) is 59.1 Å². The van der Waals surface area contributed by atoms with E-state index in [2.05, 4.69) is 15.9 Å². The summed E-state index contributed by atoms with van der Waals surface area (Å²) in [5.74, 6) is -0.904. The lowest BCUT2D eigenvalue weighted by atomic mass is 9.85. The van der Waals surface area contributed by atoms with E-state index in [0.717, 1.165) is 5.56 Å². The van der Waals surface area contributed by atoms with E-state index in [0.29, 0.717) is 36.8 Å². The molecule has 2 atom stereocenters. The summed E-state index contributed by atoms with van der Waals surface area (Å²) >= 11 is 3.31. The van der Waals surface area contributed by atoms with Crippen molar-refractivity contribution < 1.29 is 24.0 Å². The van der Waals surface area contributed by atoms with Gasteiger partial charge in [0.05, 0.1) is 10.8 Å². The highest BCUT2D eigenvalue weighted by molar-refractivity contribution is 9.08. The molecule has 1 aliphatic heterocycles. The first-order valence-electron chi connectivity index (χ1n) is 10.7. The fourth-order valence-electron chi connectivity index (χ4n) is 3.73.